The smallest absolute Gasteiger partial charge is 0.294 e. The Hall–Kier alpha value is -0.910. The quantitative estimate of drug-likeness (QED) is 0.532. The molecule has 0 saturated heterocycles. The molecule has 1 aromatic carbocycles. The number of hydrogen-bond acceptors (Lipinski definition) is 1. The molecule has 0 unspecified atom stereocenters. The van der Waals surface area contributed by atoms with Gasteiger partial charge in [-0.15, -0.1) is 0 Å². The van der Waals surface area contributed by atoms with Gasteiger partial charge in [-0.1, -0.05) is 15.9 Å². The summed E-state index contributed by atoms with van der Waals surface area (Å²) in [6.45, 7) is 0. The SMILES string of the molecule is O=C(c1cc(Br)ccc1F)C1CCC(C(F)(F)F)CC1. The number of ketones is 1. The van der Waals surface area contributed by atoms with Gasteiger partial charge in [0.2, 0.25) is 0 Å². The lowest BCUT2D eigenvalue weighted by atomic mass is 9.78. The molecular weight excluding hydrogens is 340 g/mol. The maximum absolute atomic E-state index is 13.6. The van der Waals surface area contributed by atoms with Crippen molar-refractivity contribution in [3.63, 3.8) is 0 Å². The molecule has 1 aromatic rings. The van der Waals surface area contributed by atoms with Gasteiger partial charge in [0.05, 0.1) is 11.5 Å². The van der Waals surface area contributed by atoms with E-state index in [2.05, 4.69) is 15.9 Å². The monoisotopic (exact) mass is 352 g/mol. The molecule has 1 fully saturated rings. The minimum absolute atomic E-state index is 0.0465. The molecule has 2 rings (SSSR count). The van der Waals surface area contributed by atoms with Crippen molar-refractivity contribution in [2.75, 3.05) is 0 Å². The van der Waals surface area contributed by atoms with Gasteiger partial charge < -0.3 is 0 Å². The van der Waals surface area contributed by atoms with Crippen LogP contribution >= 0.6 is 15.9 Å². The Bertz CT molecular complexity index is 504. The highest BCUT2D eigenvalue weighted by atomic mass is 79.9. The number of rotatable bonds is 2. The minimum Gasteiger partial charge on any atom is -0.294 e. The first kappa shape index (κ1) is 15.5. The summed E-state index contributed by atoms with van der Waals surface area (Å²) in [6, 6.07) is 4.04. The molecule has 6 heteroatoms. The van der Waals surface area contributed by atoms with Crippen LogP contribution in [0.1, 0.15) is 36.0 Å². The van der Waals surface area contributed by atoms with E-state index in [1.54, 1.807) is 0 Å². The van der Waals surface area contributed by atoms with Crippen LogP contribution in [-0.4, -0.2) is 12.0 Å². The lowest BCUT2D eigenvalue weighted by Gasteiger charge is -2.29. The van der Waals surface area contributed by atoms with Crippen LogP contribution in [0.2, 0.25) is 0 Å². The highest BCUT2D eigenvalue weighted by molar-refractivity contribution is 9.10. The molecule has 0 heterocycles. The molecule has 0 atom stereocenters. The standard InChI is InChI=1S/C14H13BrF4O/c15-10-5-6-12(16)11(7-10)13(20)8-1-3-9(4-2-8)14(17,18)19/h5-9H,1-4H2. The van der Waals surface area contributed by atoms with Crippen molar-refractivity contribution < 1.29 is 22.4 Å². The highest BCUT2D eigenvalue weighted by Crippen LogP contribution is 2.40. The van der Waals surface area contributed by atoms with Crippen LogP contribution in [-0.2, 0) is 0 Å². The zero-order chi connectivity index (χ0) is 14.9. The summed E-state index contributed by atoms with van der Waals surface area (Å²) >= 11 is 3.16. The van der Waals surface area contributed by atoms with E-state index in [4.69, 9.17) is 0 Å². The van der Waals surface area contributed by atoms with Crippen molar-refractivity contribution in [2.45, 2.75) is 31.9 Å². The van der Waals surface area contributed by atoms with Crippen molar-refractivity contribution in [1.82, 2.24) is 0 Å². The van der Waals surface area contributed by atoms with Gasteiger partial charge in [-0.3, -0.25) is 4.79 Å². The maximum Gasteiger partial charge on any atom is 0.391 e. The Kier molecular flexibility index (Phi) is 4.52. The van der Waals surface area contributed by atoms with Gasteiger partial charge in [-0.25, -0.2) is 4.39 Å². The minimum atomic E-state index is -4.20. The lowest BCUT2D eigenvalue weighted by molar-refractivity contribution is -0.183. The zero-order valence-corrected chi connectivity index (χ0v) is 12.1. The van der Waals surface area contributed by atoms with Gasteiger partial charge in [-0.2, -0.15) is 13.2 Å². The second-order valence-corrected chi connectivity index (χ2v) is 5.99. The average Bonchev–Trinajstić information content (AvgIpc) is 2.40. The Balaban J connectivity index is 2.07. The highest BCUT2D eigenvalue weighted by Gasteiger charge is 2.42. The summed E-state index contributed by atoms with van der Waals surface area (Å²) in [7, 11) is 0. The Labute approximate surface area is 122 Å². The molecule has 0 amide bonds. The van der Waals surface area contributed by atoms with Crippen molar-refractivity contribution in [3.05, 3.63) is 34.1 Å². The number of halogens is 5. The van der Waals surface area contributed by atoms with Gasteiger partial charge in [-0.05, 0) is 43.9 Å². The summed E-state index contributed by atoms with van der Waals surface area (Å²) in [5, 5.41) is 0. The molecule has 0 bridgehead atoms. The van der Waals surface area contributed by atoms with Crippen molar-refractivity contribution >= 4 is 21.7 Å². The van der Waals surface area contributed by atoms with Gasteiger partial charge in [0.1, 0.15) is 5.82 Å². The molecule has 1 aliphatic rings. The zero-order valence-electron chi connectivity index (χ0n) is 10.5. The Morgan fingerprint density at radius 3 is 2.30 bits per heavy atom. The third-order valence-electron chi connectivity index (χ3n) is 3.75. The normalized spacial score (nSPS) is 23.6. The van der Waals surface area contributed by atoms with Crippen LogP contribution in [0.25, 0.3) is 0 Å². The fourth-order valence-corrected chi connectivity index (χ4v) is 2.95. The van der Waals surface area contributed by atoms with E-state index in [-0.39, 0.29) is 31.2 Å². The van der Waals surface area contributed by atoms with E-state index in [1.165, 1.54) is 18.2 Å². The van der Waals surface area contributed by atoms with Gasteiger partial charge in [0.25, 0.3) is 0 Å². The molecule has 0 radical (unpaired) electrons. The van der Waals surface area contributed by atoms with E-state index in [9.17, 15) is 22.4 Å². The third-order valence-corrected chi connectivity index (χ3v) is 4.25. The van der Waals surface area contributed by atoms with Crippen molar-refractivity contribution in [1.29, 1.82) is 0 Å². The van der Waals surface area contributed by atoms with Crippen molar-refractivity contribution in [2.24, 2.45) is 11.8 Å². The number of hydrogen-bond donors (Lipinski definition) is 0. The van der Waals surface area contributed by atoms with E-state index in [0.29, 0.717) is 4.47 Å². The number of Topliss-reactive ketones (excluding diaryl/α,β-unsaturated/α-hetero) is 1. The first-order valence-corrected chi connectivity index (χ1v) is 7.14. The predicted molar refractivity (Wildman–Crippen MR) is 69.9 cm³/mol. The molecule has 20 heavy (non-hydrogen) atoms. The average molecular weight is 353 g/mol. The third kappa shape index (κ3) is 3.40. The van der Waals surface area contributed by atoms with Gasteiger partial charge in [0.15, 0.2) is 5.78 Å². The van der Waals surface area contributed by atoms with Gasteiger partial charge in [0, 0.05) is 10.4 Å². The summed E-state index contributed by atoms with van der Waals surface area (Å²) in [5.41, 5.74) is -0.0465. The van der Waals surface area contributed by atoms with E-state index >= 15 is 0 Å². The number of carbonyl (C=O) groups excluding carboxylic acids is 1. The lowest BCUT2D eigenvalue weighted by Crippen LogP contribution is -2.30. The molecule has 0 aliphatic heterocycles. The predicted octanol–water partition coefficient (Wildman–Crippen LogP) is 5.14. The molecule has 1 saturated carbocycles. The Morgan fingerprint density at radius 1 is 1.15 bits per heavy atom. The topological polar surface area (TPSA) is 17.1 Å². The van der Waals surface area contributed by atoms with Crippen LogP contribution in [0, 0.1) is 17.7 Å². The van der Waals surface area contributed by atoms with Crippen LogP contribution in [0.3, 0.4) is 0 Å². The number of alkyl halides is 3. The van der Waals surface area contributed by atoms with Gasteiger partial charge >= 0.3 is 6.18 Å². The molecular formula is C14H13BrF4O. The molecule has 0 spiro atoms. The summed E-state index contributed by atoms with van der Waals surface area (Å²) in [4.78, 5) is 12.2. The first-order chi connectivity index (χ1) is 9.29. The van der Waals surface area contributed by atoms with E-state index < -0.39 is 29.6 Å². The summed E-state index contributed by atoms with van der Waals surface area (Å²) in [5.74, 6) is -2.88. The molecule has 1 aliphatic carbocycles. The summed E-state index contributed by atoms with van der Waals surface area (Å²) < 4.78 is 51.9. The van der Waals surface area contributed by atoms with Crippen LogP contribution < -0.4 is 0 Å². The van der Waals surface area contributed by atoms with Crippen molar-refractivity contribution in [3.8, 4) is 0 Å². The van der Waals surface area contributed by atoms with Crippen LogP contribution in [0.15, 0.2) is 22.7 Å². The number of benzene rings is 1. The maximum atomic E-state index is 13.6. The largest absolute Gasteiger partial charge is 0.391 e. The fourth-order valence-electron chi connectivity index (χ4n) is 2.59. The molecule has 1 nitrogen and oxygen atoms in total. The van der Waals surface area contributed by atoms with Crippen LogP contribution in [0.4, 0.5) is 17.6 Å². The Morgan fingerprint density at radius 2 is 1.75 bits per heavy atom. The first-order valence-electron chi connectivity index (χ1n) is 6.35. The molecule has 0 N–H and O–H groups in total. The van der Waals surface area contributed by atoms with E-state index in [0.717, 1.165) is 0 Å². The summed E-state index contributed by atoms with van der Waals surface area (Å²) in [6.07, 6.45) is -4.00. The molecule has 110 valence electrons. The second-order valence-electron chi connectivity index (χ2n) is 5.08. The fraction of sp³-hybridized carbons (Fsp3) is 0.500. The van der Waals surface area contributed by atoms with Crippen LogP contribution in [0.5, 0.6) is 0 Å². The second kappa shape index (κ2) is 5.84. The number of carbonyl (C=O) groups is 1. The molecule has 0 aromatic heterocycles. The van der Waals surface area contributed by atoms with E-state index in [1.807, 2.05) is 0 Å².